The van der Waals surface area contributed by atoms with Gasteiger partial charge in [-0.3, -0.25) is 0 Å². The fraction of sp³-hybridized carbons (Fsp3) is 0.333. The molecule has 0 aliphatic carbocycles. The number of rotatable bonds is 5. The lowest BCUT2D eigenvalue weighted by molar-refractivity contribution is 0.626. The largest absolute Gasteiger partial charge is 0.399 e. The molecule has 0 saturated carbocycles. The average Bonchev–Trinajstić information content (AvgIpc) is 2.70. The molecule has 152 valence electrons. The fourth-order valence-electron chi connectivity index (χ4n) is 4.06. The standard InChI is InChI=1S/C27H34N2/c1-7-19-17-23(16-18(2)25(19)29)27(5,6)21-10-8-20(9-11-21)26(3,4)22-12-14-24(28)15-13-22/h8-17H,7,28-29H2,1-6H3. The lowest BCUT2D eigenvalue weighted by atomic mass is 9.74. The second kappa shape index (κ2) is 7.59. The molecule has 0 unspecified atom stereocenters. The Bertz CT molecular complexity index is 994. The first-order valence-corrected chi connectivity index (χ1v) is 10.4. The van der Waals surface area contributed by atoms with Gasteiger partial charge in [0.15, 0.2) is 0 Å². The third kappa shape index (κ3) is 3.89. The summed E-state index contributed by atoms with van der Waals surface area (Å²) in [6, 6.07) is 21.8. The first-order valence-electron chi connectivity index (χ1n) is 10.4. The highest BCUT2D eigenvalue weighted by Crippen LogP contribution is 2.37. The molecule has 2 nitrogen and oxygen atoms in total. The minimum atomic E-state index is -0.0910. The van der Waals surface area contributed by atoms with Gasteiger partial charge in [0.1, 0.15) is 0 Å². The molecular weight excluding hydrogens is 352 g/mol. The highest BCUT2D eigenvalue weighted by molar-refractivity contribution is 5.57. The maximum atomic E-state index is 6.27. The fourth-order valence-corrected chi connectivity index (χ4v) is 4.06. The van der Waals surface area contributed by atoms with E-state index in [1.54, 1.807) is 0 Å². The van der Waals surface area contributed by atoms with Crippen molar-refractivity contribution in [1.82, 2.24) is 0 Å². The highest BCUT2D eigenvalue weighted by atomic mass is 14.6. The van der Waals surface area contributed by atoms with Crippen molar-refractivity contribution in [3.8, 4) is 0 Å². The smallest absolute Gasteiger partial charge is 0.0376 e. The Labute approximate surface area is 176 Å². The lowest BCUT2D eigenvalue weighted by Crippen LogP contribution is -2.22. The summed E-state index contributed by atoms with van der Waals surface area (Å²) >= 11 is 0. The third-order valence-corrected chi connectivity index (χ3v) is 6.54. The van der Waals surface area contributed by atoms with E-state index < -0.39 is 0 Å². The maximum Gasteiger partial charge on any atom is 0.0376 e. The van der Waals surface area contributed by atoms with E-state index >= 15 is 0 Å². The number of hydrogen-bond acceptors (Lipinski definition) is 2. The molecule has 0 aromatic heterocycles. The average molecular weight is 387 g/mol. The molecule has 0 aliphatic heterocycles. The molecular formula is C27H34N2. The Kier molecular flexibility index (Phi) is 5.49. The van der Waals surface area contributed by atoms with Crippen LogP contribution in [0.4, 0.5) is 11.4 Å². The van der Waals surface area contributed by atoms with Gasteiger partial charge < -0.3 is 11.5 Å². The van der Waals surface area contributed by atoms with Crippen LogP contribution in [0.2, 0.25) is 0 Å². The summed E-state index contributed by atoms with van der Waals surface area (Å²) < 4.78 is 0. The van der Waals surface area contributed by atoms with E-state index in [4.69, 9.17) is 11.5 Å². The predicted molar refractivity (Wildman–Crippen MR) is 127 cm³/mol. The monoisotopic (exact) mass is 386 g/mol. The first kappa shape index (κ1) is 21.0. The normalized spacial score (nSPS) is 12.2. The van der Waals surface area contributed by atoms with E-state index in [0.29, 0.717) is 0 Å². The zero-order valence-corrected chi connectivity index (χ0v) is 18.6. The van der Waals surface area contributed by atoms with Gasteiger partial charge in [-0.05, 0) is 58.9 Å². The molecule has 0 saturated heterocycles. The summed E-state index contributed by atoms with van der Waals surface area (Å²) in [6.07, 6.45) is 0.950. The van der Waals surface area contributed by atoms with Crippen molar-refractivity contribution >= 4 is 11.4 Å². The van der Waals surface area contributed by atoms with Crippen LogP contribution in [0.3, 0.4) is 0 Å². The van der Waals surface area contributed by atoms with Crippen LogP contribution < -0.4 is 11.5 Å². The maximum absolute atomic E-state index is 6.27. The molecule has 3 rings (SSSR count). The van der Waals surface area contributed by atoms with Crippen LogP contribution in [-0.2, 0) is 17.3 Å². The van der Waals surface area contributed by atoms with Gasteiger partial charge in [0.25, 0.3) is 0 Å². The molecule has 0 amide bonds. The molecule has 0 spiro atoms. The Morgan fingerprint density at radius 3 is 1.52 bits per heavy atom. The summed E-state index contributed by atoms with van der Waals surface area (Å²) in [6.45, 7) is 13.4. The van der Waals surface area contributed by atoms with Crippen molar-refractivity contribution in [2.24, 2.45) is 0 Å². The topological polar surface area (TPSA) is 52.0 Å². The van der Waals surface area contributed by atoms with E-state index in [1.165, 1.54) is 27.8 Å². The van der Waals surface area contributed by atoms with Crippen LogP contribution in [0.25, 0.3) is 0 Å². The van der Waals surface area contributed by atoms with Crippen LogP contribution in [-0.4, -0.2) is 0 Å². The van der Waals surface area contributed by atoms with Gasteiger partial charge in [-0.15, -0.1) is 0 Å². The van der Waals surface area contributed by atoms with Crippen LogP contribution in [0.15, 0.2) is 60.7 Å². The van der Waals surface area contributed by atoms with Crippen molar-refractivity contribution in [3.05, 3.63) is 94.0 Å². The van der Waals surface area contributed by atoms with Crippen LogP contribution in [0.5, 0.6) is 0 Å². The van der Waals surface area contributed by atoms with E-state index in [9.17, 15) is 0 Å². The summed E-state index contributed by atoms with van der Waals surface area (Å²) in [5.41, 5.74) is 21.3. The summed E-state index contributed by atoms with van der Waals surface area (Å²) in [7, 11) is 0. The molecule has 0 atom stereocenters. The molecule has 2 heteroatoms. The Balaban J connectivity index is 1.97. The Morgan fingerprint density at radius 1 is 0.655 bits per heavy atom. The predicted octanol–water partition coefficient (Wildman–Crippen LogP) is 6.37. The minimum absolute atomic E-state index is 0.0798. The SMILES string of the molecule is CCc1cc(C(C)(C)c2ccc(C(C)(C)c3ccc(N)cc3)cc2)cc(C)c1N. The number of benzene rings is 3. The van der Waals surface area contributed by atoms with Crippen molar-refractivity contribution < 1.29 is 0 Å². The highest BCUT2D eigenvalue weighted by Gasteiger charge is 2.27. The molecule has 0 bridgehead atoms. The molecule has 0 aliphatic rings. The van der Waals surface area contributed by atoms with E-state index in [0.717, 1.165) is 23.4 Å². The van der Waals surface area contributed by atoms with Gasteiger partial charge in [-0.25, -0.2) is 0 Å². The van der Waals surface area contributed by atoms with E-state index in [-0.39, 0.29) is 10.8 Å². The lowest BCUT2D eigenvalue weighted by Gasteiger charge is -2.30. The molecule has 29 heavy (non-hydrogen) atoms. The third-order valence-electron chi connectivity index (χ3n) is 6.54. The van der Waals surface area contributed by atoms with Crippen LogP contribution >= 0.6 is 0 Å². The van der Waals surface area contributed by atoms with Gasteiger partial charge in [0.2, 0.25) is 0 Å². The molecule has 0 fully saturated rings. The van der Waals surface area contributed by atoms with Crippen LogP contribution in [0.1, 0.15) is 68.0 Å². The quantitative estimate of drug-likeness (QED) is 0.500. The second-order valence-corrected chi connectivity index (χ2v) is 9.17. The van der Waals surface area contributed by atoms with Gasteiger partial charge in [0, 0.05) is 22.2 Å². The molecule has 3 aromatic rings. The summed E-state index contributed by atoms with van der Waals surface area (Å²) in [5, 5.41) is 0. The number of nitrogens with two attached hydrogens (primary N) is 2. The second-order valence-electron chi connectivity index (χ2n) is 9.17. The Morgan fingerprint density at radius 2 is 1.07 bits per heavy atom. The van der Waals surface area contributed by atoms with Gasteiger partial charge in [-0.2, -0.15) is 0 Å². The van der Waals surface area contributed by atoms with Crippen molar-refractivity contribution in [1.29, 1.82) is 0 Å². The Hall–Kier alpha value is -2.74. The zero-order chi connectivity index (χ0) is 21.4. The van der Waals surface area contributed by atoms with Crippen molar-refractivity contribution in [2.75, 3.05) is 11.5 Å². The zero-order valence-electron chi connectivity index (χ0n) is 18.6. The van der Waals surface area contributed by atoms with Crippen molar-refractivity contribution in [2.45, 2.75) is 58.8 Å². The number of hydrogen-bond donors (Lipinski definition) is 2. The molecule has 3 aromatic carbocycles. The summed E-state index contributed by atoms with van der Waals surface area (Å²) in [5.74, 6) is 0. The molecule has 0 radical (unpaired) electrons. The van der Waals surface area contributed by atoms with E-state index in [2.05, 4.69) is 90.1 Å². The van der Waals surface area contributed by atoms with Gasteiger partial charge in [-0.1, -0.05) is 83.1 Å². The van der Waals surface area contributed by atoms with Gasteiger partial charge in [0.05, 0.1) is 0 Å². The number of anilines is 2. The first-order chi connectivity index (χ1) is 13.6. The number of nitrogen functional groups attached to an aromatic ring is 2. The summed E-state index contributed by atoms with van der Waals surface area (Å²) in [4.78, 5) is 0. The van der Waals surface area contributed by atoms with Gasteiger partial charge >= 0.3 is 0 Å². The molecule has 4 N–H and O–H groups in total. The van der Waals surface area contributed by atoms with E-state index in [1.807, 2.05) is 12.1 Å². The molecule has 0 heterocycles. The van der Waals surface area contributed by atoms with Crippen LogP contribution in [0, 0.1) is 6.92 Å². The minimum Gasteiger partial charge on any atom is -0.399 e. The number of aryl methyl sites for hydroxylation is 2. The van der Waals surface area contributed by atoms with Crippen molar-refractivity contribution in [3.63, 3.8) is 0 Å².